The van der Waals surface area contributed by atoms with E-state index in [4.69, 9.17) is 9.26 Å². The second kappa shape index (κ2) is 7.51. The highest BCUT2D eigenvalue weighted by molar-refractivity contribution is 5.89. The largest absolute Gasteiger partial charge is 0.452 e. The van der Waals surface area contributed by atoms with E-state index in [1.54, 1.807) is 44.2 Å². The number of carbonyl (C=O) groups excluding carboxylic acids is 2. The Morgan fingerprint density at radius 1 is 1.24 bits per heavy atom. The summed E-state index contributed by atoms with van der Waals surface area (Å²) in [5, 5.41) is 6.71. The number of hydrogen-bond donors (Lipinski definition) is 1. The van der Waals surface area contributed by atoms with Crippen LogP contribution in [0.4, 0.5) is 0 Å². The Hall–Kier alpha value is -2.63. The van der Waals surface area contributed by atoms with Crippen LogP contribution < -0.4 is 5.32 Å². The lowest BCUT2D eigenvalue weighted by Crippen LogP contribution is -2.34. The fourth-order valence-electron chi connectivity index (χ4n) is 2.07. The molecule has 0 aliphatic heterocycles. The van der Waals surface area contributed by atoms with Gasteiger partial charge in [0.15, 0.2) is 0 Å². The summed E-state index contributed by atoms with van der Waals surface area (Å²) < 4.78 is 10.4. The number of amides is 1. The lowest BCUT2D eigenvalue weighted by Gasteiger charge is -2.17. The Balaban J connectivity index is 1.92. The number of benzene rings is 1. The summed E-state index contributed by atoms with van der Waals surface area (Å²) in [6, 6.07) is 8.69. The fourth-order valence-corrected chi connectivity index (χ4v) is 2.07. The maximum absolute atomic E-state index is 12.2. The van der Waals surface area contributed by atoms with Gasteiger partial charge in [0.25, 0.3) is 0 Å². The van der Waals surface area contributed by atoms with Gasteiger partial charge in [0.05, 0.1) is 5.56 Å². The van der Waals surface area contributed by atoms with Gasteiger partial charge in [-0.15, -0.1) is 0 Å². The monoisotopic (exact) mass is 344 g/mol. The van der Waals surface area contributed by atoms with Crippen LogP contribution in [0.2, 0.25) is 0 Å². The van der Waals surface area contributed by atoms with Crippen LogP contribution in [0.5, 0.6) is 0 Å². The summed E-state index contributed by atoms with van der Waals surface area (Å²) in [5.74, 6) is 0.214. The Bertz CT molecular complexity index is 742. The number of nitrogens with one attached hydrogen (secondary N) is 1. The number of nitrogens with zero attached hydrogens (tertiary/aromatic N) is 1. The van der Waals surface area contributed by atoms with E-state index in [0.717, 1.165) is 5.56 Å². The minimum atomic E-state index is -0.490. The van der Waals surface area contributed by atoms with Gasteiger partial charge in [-0.3, -0.25) is 4.79 Å². The molecule has 0 fully saturated rings. The molecule has 134 valence electrons. The van der Waals surface area contributed by atoms with Gasteiger partial charge in [0, 0.05) is 18.0 Å². The summed E-state index contributed by atoms with van der Waals surface area (Å²) in [6.45, 7) is 9.52. The highest BCUT2D eigenvalue weighted by Crippen LogP contribution is 2.19. The zero-order chi connectivity index (χ0) is 18.6. The van der Waals surface area contributed by atoms with Crippen LogP contribution in [0.15, 0.2) is 34.9 Å². The molecule has 1 amide bonds. The standard InChI is InChI=1S/C19H24N2O4/c1-12-10-16(21-25-12)13(2)24-17(22)15-8-6-14(7-9-15)11-20-18(23)19(3,4)5/h6-10,13H,11H2,1-5H3,(H,20,23). The van der Waals surface area contributed by atoms with Gasteiger partial charge in [-0.25, -0.2) is 4.79 Å². The molecule has 2 aromatic rings. The van der Waals surface area contributed by atoms with Crippen molar-refractivity contribution in [3.8, 4) is 0 Å². The predicted molar refractivity (Wildman–Crippen MR) is 92.8 cm³/mol. The van der Waals surface area contributed by atoms with Gasteiger partial charge in [0.1, 0.15) is 17.6 Å². The molecular weight excluding hydrogens is 320 g/mol. The second-order valence-electron chi connectivity index (χ2n) is 7.04. The molecule has 0 aliphatic rings. The number of aryl methyl sites for hydroxylation is 1. The maximum atomic E-state index is 12.2. The number of carbonyl (C=O) groups is 2. The molecule has 1 atom stereocenters. The quantitative estimate of drug-likeness (QED) is 0.839. The molecule has 1 aromatic carbocycles. The second-order valence-corrected chi connectivity index (χ2v) is 7.04. The molecule has 6 heteroatoms. The van der Waals surface area contributed by atoms with E-state index in [1.165, 1.54) is 0 Å². The van der Waals surface area contributed by atoms with E-state index >= 15 is 0 Å². The van der Waals surface area contributed by atoms with Crippen molar-refractivity contribution in [2.75, 3.05) is 0 Å². The van der Waals surface area contributed by atoms with E-state index in [-0.39, 0.29) is 5.91 Å². The lowest BCUT2D eigenvalue weighted by molar-refractivity contribution is -0.128. The van der Waals surface area contributed by atoms with Gasteiger partial charge < -0.3 is 14.6 Å². The minimum Gasteiger partial charge on any atom is -0.452 e. The number of hydrogen-bond acceptors (Lipinski definition) is 5. The third-order valence-electron chi connectivity index (χ3n) is 3.67. The third-order valence-corrected chi connectivity index (χ3v) is 3.67. The molecule has 1 unspecified atom stereocenters. The first kappa shape index (κ1) is 18.7. The normalized spacial score (nSPS) is 12.5. The number of esters is 1. The van der Waals surface area contributed by atoms with Gasteiger partial charge in [-0.2, -0.15) is 0 Å². The van der Waals surface area contributed by atoms with Crippen LogP contribution in [0, 0.1) is 12.3 Å². The zero-order valence-electron chi connectivity index (χ0n) is 15.3. The lowest BCUT2D eigenvalue weighted by atomic mass is 9.95. The summed E-state index contributed by atoms with van der Waals surface area (Å²) in [4.78, 5) is 24.1. The van der Waals surface area contributed by atoms with Gasteiger partial charge >= 0.3 is 5.97 Å². The fraction of sp³-hybridized carbons (Fsp3) is 0.421. The molecule has 1 heterocycles. The van der Waals surface area contributed by atoms with Crippen LogP contribution in [-0.2, 0) is 16.1 Å². The SMILES string of the molecule is Cc1cc(C(C)OC(=O)c2ccc(CNC(=O)C(C)(C)C)cc2)no1. The number of aromatic nitrogens is 1. The van der Waals surface area contributed by atoms with Crippen molar-refractivity contribution in [3.05, 3.63) is 52.9 Å². The first-order chi connectivity index (χ1) is 11.7. The van der Waals surface area contributed by atoms with Crippen LogP contribution in [0.25, 0.3) is 0 Å². The Kier molecular flexibility index (Phi) is 5.62. The molecule has 0 bridgehead atoms. The van der Waals surface area contributed by atoms with Crippen LogP contribution in [-0.4, -0.2) is 17.0 Å². The van der Waals surface area contributed by atoms with E-state index in [9.17, 15) is 9.59 Å². The van der Waals surface area contributed by atoms with Crippen molar-refractivity contribution in [1.82, 2.24) is 10.5 Å². The average Bonchev–Trinajstić information content (AvgIpc) is 2.98. The van der Waals surface area contributed by atoms with E-state index < -0.39 is 17.5 Å². The van der Waals surface area contributed by atoms with Crippen molar-refractivity contribution in [2.45, 2.75) is 47.3 Å². The number of ether oxygens (including phenoxy) is 1. The van der Waals surface area contributed by atoms with Crippen LogP contribution in [0.1, 0.15) is 61.2 Å². The molecule has 0 saturated carbocycles. The highest BCUT2D eigenvalue weighted by Gasteiger charge is 2.20. The average molecular weight is 344 g/mol. The summed E-state index contributed by atoms with van der Waals surface area (Å²) >= 11 is 0. The topological polar surface area (TPSA) is 81.4 Å². The van der Waals surface area contributed by atoms with Crippen LogP contribution in [0.3, 0.4) is 0 Å². The van der Waals surface area contributed by atoms with Crippen molar-refractivity contribution >= 4 is 11.9 Å². The molecule has 1 aromatic heterocycles. The van der Waals surface area contributed by atoms with Crippen molar-refractivity contribution in [3.63, 3.8) is 0 Å². The Labute approximate surface area is 147 Å². The van der Waals surface area contributed by atoms with Gasteiger partial charge in [-0.05, 0) is 31.5 Å². The van der Waals surface area contributed by atoms with Crippen molar-refractivity contribution in [1.29, 1.82) is 0 Å². The predicted octanol–water partition coefficient (Wildman–Crippen LogP) is 3.56. The molecule has 25 heavy (non-hydrogen) atoms. The highest BCUT2D eigenvalue weighted by atomic mass is 16.5. The summed E-state index contributed by atoms with van der Waals surface area (Å²) in [6.07, 6.45) is -0.490. The molecule has 0 radical (unpaired) electrons. The van der Waals surface area contributed by atoms with Gasteiger partial charge in [0.2, 0.25) is 5.91 Å². The van der Waals surface area contributed by atoms with Crippen molar-refractivity contribution in [2.24, 2.45) is 5.41 Å². The van der Waals surface area contributed by atoms with Crippen molar-refractivity contribution < 1.29 is 18.8 Å². The van der Waals surface area contributed by atoms with E-state index in [0.29, 0.717) is 23.6 Å². The number of rotatable bonds is 5. The summed E-state index contributed by atoms with van der Waals surface area (Å²) in [7, 11) is 0. The van der Waals surface area contributed by atoms with E-state index in [1.807, 2.05) is 20.8 Å². The van der Waals surface area contributed by atoms with E-state index in [2.05, 4.69) is 10.5 Å². The molecule has 0 aliphatic carbocycles. The molecule has 0 spiro atoms. The third kappa shape index (κ3) is 5.17. The zero-order valence-corrected chi connectivity index (χ0v) is 15.3. The Morgan fingerprint density at radius 3 is 2.40 bits per heavy atom. The maximum Gasteiger partial charge on any atom is 0.338 e. The minimum absolute atomic E-state index is 0.0206. The van der Waals surface area contributed by atoms with Crippen LogP contribution >= 0.6 is 0 Å². The Morgan fingerprint density at radius 2 is 1.88 bits per heavy atom. The smallest absolute Gasteiger partial charge is 0.338 e. The molecule has 6 nitrogen and oxygen atoms in total. The van der Waals surface area contributed by atoms with Gasteiger partial charge in [-0.1, -0.05) is 38.1 Å². The molecule has 2 rings (SSSR count). The first-order valence-corrected chi connectivity index (χ1v) is 8.18. The summed E-state index contributed by atoms with van der Waals surface area (Å²) in [5.41, 5.74) is 1.50. The first-order valence-electron chi connectivity index (χ1n) is 8.18. The molecule has 0 saturated heterocycles. The molecular formula is C19H24N2O4. The molecule has 1 N–H and O–H groups in total.